The Hall–Kier alpha value is 0.767. The quantitative estimate of drug-likeness (QED) is 0.417. The predicted molar refractivity (Wildman–Crippen MR) is 50.7 cm³/mol. The molecule has 0 rings (SSSR count). The van der Waals surface area contributed by atoms with Crippen LogP contribution in [0.4, 0.5) is 0 Å². The van der Waals surface area contributed by atoms with Crippen molar-refractivity contribution < 1.29 is 46.2 Å². The molecule has 2 unspecified atom stereocenters. The molecule has 10 heteroatoms. The van der Waals surface area contributed by atoms with Crippen LogP contribution in [0.2, 0.25) is 0 Å². The van der Waals surface area contributed by atoms with Gasteiger partial charge in [0.05, 0.1) is 0 Å². The number of rotatable bonds is 4. The molecule has 2 atom stereocenters. The van der Waals surface area contributed by atoms with Crippen LogP contribution in [-0.2, 0) is 20.2 Å². The average Bonchev–Trinajstić information content (AvgIpc) is 1.82. The molecular formula is C4H11LiO6S3. The minimum absolute atomic E-state index is 0. The third-order valence-corrected chi connectivity index (χ3v) is 5.79. The molecule has 0 radical (unpaired) electrons. The molecule has 0 aromatic rings. The third kappa shape index (κ3) is 6.29. The Balaban J connectivity index is -0.000000720. The molecule has 0 amide bonds. The van der Waals surface area contributed by atoms with Crippen molar-refractivity contribution in [1.29, 1.82) is 0 Å². The SMILES string of the molecule is CC(SC(C)S(=O)(=O)O)S(=O)(=O)O.[H-].[Li+]. The molecule has 2 N–H and O–H groups in total. The standard InChI is InChI=1S/C4H10O6S3.Li.H/c1-3(12(5,6)7)11-4(2)13(8,9)10;;/h3-4H,1-2H3,(H,5,6,7)(H,8,9,10);;/q;+1;-1. The first-order valence-electron chi connectivity index (χ1n) is 3.13. The molecule has 0 heterocycles. The van der Waals surface area contributed by atoms with Crippen molar-refractivity contribution in [3.8, 4) is 0 Å². The molecule has 14 heavy (non-hydrogen) atoms. The predicted octanol–water partition coefficient (Wildman–Crippen LogP) is -2.70. The molecule has 0 aliphatic carbocycles. The van der Waals surface area contributed by atoms with E-state index in [0.717, 1.165) is 13.8 Å². The Morgan fingerprint density at radius 2 is 1.21 bits per heavy atom. The van der Waals surface area contributed by atoms with Crippen molar-refractivity contribution in [2.24, 2.45) is 0 Å². The largest absolute Gasteiger partial charge is 1.00 e. The van der Waals surface area contributed by atoms with Gasteiger partial charge in [0, 0.05) is 0 Å². The topological polar surface area (TPSA) is 109 Å². The van der Waals surface area contributed by atoms with E-state index >= 15 is 0 Å². The summed E-state index contributed by atoms with van der Waals surface area (Å²) in [7, 11) is -8.54. The maximum absolute atomic E-state index is 10.5. The summed E-state index contributed by atoms with van der Waals surface area (Å²) >= 11 is 0.437. The third-order valence-electron chi connectivity index (χ3n) is 1.22. The fraction of sp³-hybridized carbons (Fsp3) is 1.00. The minimum atomic E-state index is -4.27. The maximum atomic E-state index is 10.5. The first-order chi connectivity index (χ1) is 5.55. The van der Waals surface area contributed by atoms with E-state index in [-0.39, 0.29) is 20.3 Å². The molecular weight excluding hydrogens is 247 g/mol. The fourth-order valence-corrected chi connectivity index (χ4v) is 3.28. The van der Waals surface area contributed by atoms with Crippen LogP contribution in [0.3, 0.4) is 0 Å². The molecule has 0 saturated heterocycles. The van der Waals surface area contributed by atoms with Gasteiger partial charge in [0.1, 0.15) is 9.16 Å². The Kier molecular flexibility index (Phi) is 7.04. The summed E-state index contributed by atoms with van der Waals surface area (Å²) in [4.78, 5) is 0. The van der Waals surface area contributed by atoms with E-state index in [0.29, 0.717) is 11.8 Å². The van der Waals surface area contributed by atoms with Gasteiger partial charge in [-0.2, -0.15) is 16.8 Å². The number of hydrogen-bond donors (Lipinski definition) is 2. The smallest absolute Gasteiger partial charge is 1.00 e. The molecule has 82 valence electrons. The number of hydrogen-bond acceptors (Lipinski definition) is 5. The molecule has 0 fully saturated rings. The second kappa shape index (κ2) is 5.74. The van der Waals surface area contributed by atoms with E-state index < -0.39 is 29.4 Å². The van der Waals surface area contributed by atoms with Gasteiger partial charge in [-0.3, -0.25) is 9.11 Å². The average molecular weight is 258 g/mol. The van der Waals surface area contributed by atoms with Gasteiger partial charge in [0.25, 0.3) is 20.2 Å². The first-order valence-corrected chi connectivity index (χ1v) is 7.08. The summed E-state index contributed by atoms with van der Waals surface area (Å²) in [5.74, 6) is 0. The zero-order valence-electron chi connectivity index (χ0n) is 8.91. The zero-order valence-corrected chi connectivity index (χ0v) is 10.4. The van der Waals surface area contributed by atoms with E-state index in [1.54, 1.807) is 0 Å². The fourth-order valence-electron chi connectivity index (χ4n) is 0.410. The van der Waals surface area contributed by atoms with Gasteiger partial charge in [-0.05, 0) is 13.8 Å². The summed E-state index contributed by atoms with van der Waals surface area (Å²) in [5.41, 5.74) is 0. The maximum Gasteiger partial charge on any atom is 1.00 e. The molecule has 0 bridgehead atoms. The van der Waals surface area contributed by atoms with Gasteiger partial charge in [0.2, 0.25) is 0 Å². The molecule has 0 aliphatic rings. The Labute approximate surface area is 101 Å². The molecule has 0 saturated carbocycles. The van der Waals surface area contributed by atoms with Crippen LogP contribution in [0.15, 0.2) is 0 Å². The summed E-state index contributed by atoms with van der Waals surface area (Å²) < 4.78 is 56.2. The Morgan fingerprint density at radius 3 is 1.36 bits per heavy atom. The molecule has 0 aromatic carbocycles. The van der Waals surface area contributed by atoms with Crippen molar-refractivity contribution in [3.63, 3.8) is 0 Å². The van der Waals surface area contributed by atoms with Gasteiger partial charge in [0.15, 0.2) is 0 Å². The van der Waals surface area contributed by atoms with E-state index in [2.05, 4.69) is 0 Å². The Bertz CT molecular complexity index is 328. The van der Waals surface area contributed by atoms with Crippen molar-refractivity contribution in [3.05, 3.63) is 0 Å². The van der Waals surface area contributed by atoms with Crippen molar-refractivity contribution >= 4 is 32.0 Å². The van der Waals surface area contributed by atoms with Crippen LogP contribution in [0.1, 0.15) is 15.3 Å². The summed E-state index contributed by atoms with van der Waals surface area (Å²) in [6.45, 7) is 2.25. The van der Waals surface area contributed by atoms with Gasteiger partial charge < -0.3 is 1.43 Å². The van der Waals surface area contributed by atoms with E-state index in [1.807, 2.05) is 0 Å². The van der Waals surface area contributed by atoms with E-state index in [9.17, 15) is 16.8 Å². The van der Waals surface area contributed by atoms with E-state index in [1.165, 1.54) is 0 Å². The van der Waals surface area contributed by atoms with Gasteiger partial charge in [-0.1, -0.05) is 0 Å². The van der Waals surface area contributed by atoms with Crippen molar-refractivity contribution in [2.45, 2.75) is 23.0 Å². The zero-order chi connectivity index (χ0) is 10.9. The van der Waals surface area contributed by atoms with Crippen LogP contribution in [0.25, 0.3) is 0 Å². The van der Waals surface area contributed by atoms with Crippen LogP contribution < -0.4 is 18.9 Å². The number of thioether (sulfide) groups is 1. The molecule has 6 nitrogen and oxygen atoms in total. The van der Waals surface area contributed by atoms with E-state index in [4.69, 9.17) is 9.11 Å². The van der Waals surface area contributed by atoms with Crippen molar-refractivity contribution in [2.75, 3.05) is 0 Å². The molecule has 0 aliphatic heterocycles. The molecule has 0 aromatic heterocycles. The van der Waals surface area contributed by atoms with Gasteiger partial charge in [-0.15, -0.1) is 11.8 Å². The van der Waals surface area contributed by atoms with Crippen LogP contribution in [0.5, 0.6) is 0 Å². The first kappa shape index (κ1) is 17.2. The van der Waals surface area contributed by atoms with Gasteiger partial charge >= 0.3 is 18.9 Å². The summed E-state index contributed by atoms with van der Waals surface area (Å²) in [5, 5.41) is 0. The van der Waals surface area contributed by atoms with Gasteiger partial charge in [-0.25, -0.2) is 0 Å². The minimum Gasteiger partial charge on any atom is -1.00 e. The van der Waals surface area contributed by atoms with Crippen LogP contribution in [0, 0.1) is 0 Å². The summed E-state index contributed by atoms with van der Waals surface area (Å²) in [6, 6.07) is 0. The normalized spacial score (nSPS) is 16.9. The van der Waals surface area contributed by atoms with Crippen molar-refractivity contribution in [1.82, 2.24) is 0 Å². The monoisotopic (exact) mass is 258 g/mol. The second-order valence-corrected chi connectivity index (χ2v) is 8.06. The summed E-state index contributed by atoms with van der Waals surface area (Å²) in [6.07, 6.45) is 0. The second-order valence-electron chi connectivity index (χ2n) is 2.30. The van der Waals surface area contributed by atoms with Crippen LogP contribution >= 0.6 is 11.8 Å². The van der Waals surface area contributed by atoms with Crippen LogP contribution in [-0.4, -0.2) is 35.1 Å². The Morgan fingerprint density at radius 1 is 1.00 bits per heavy atom. The molecule has 0 spiro atoms.